The van der Waals surface area contributed by atoms with Gasteiger partial charge in [-0.25, -0.2) is 13.2 Å². The van der Waals surface area contributed by atoms with Crippen LogP contribution >= 0.6 is 0 Å². The molecule has 2 N–H and O–H groups in total. The van der Waals surface area contributed by atoms with E-state index in [-0.39, 0.29) is 11.4 Å². The fourth-order valence-corrected chi connectivity index (χ4v) is 3.11. The predicted molar refractivity (Wildman–Crippen MR) is 79.7 cm³/mol. The first-order chi connectivity index (χ1) is 9.48. The van der Waals surface area contributed by atoms with E-state index >= 15 is 0 Å². The predicted octanol–water partition coefficient (Wildman–Crippen LogP) is 1.99. The number of sulfonamides is 1. The Hall–Kier alpha value is -2.02. The van der Waals surface area contributed by atoms with E-state index in [4.69, 9.17) is 4.42 Å². The van der Waals surface area contributed by atoms with Crippen LogP contribution in [0.1, 0.15) is 13.3 Å². The standard InChI is InChI=1S/C13H16N2O4S/c1-3-8-20(17,18)15-12-11(14-2)9-6-4-5-7-10(9)19-13(12)16/h4-7,14-15H,3,8H2,1-2H3. The maximum atomic E-state index is 12.0. The Morgan fingerprint density at radius 1 is 1.20 bits per heavy atom. The molecule has 20 heavy (non-hydrogen) atoms. The number of rotatable bonds is 5. The maximum Gasteiger partial charge on any atom is 0.363 e. The summed E-state index contributed by atoms with van der Waals surface area (Å²) in [5.41, 5.74) is 0.0178. The zero-order chi connectivity index (χ0) is 14.8. The van der Waals surface area contributed by atoms with E-state index < -0.39 is 15.6 Å². The average Bonchev–Trinajstić information content (AvgIpc) is 2.39. The van der Waals surface area contributed by atoms with Gasteiger partial charge in [0.1, 0.15) is 5.58 Å². The summed E-state index contributed by atoms with van der Waals surface area (Å²) in [6.07, 6.45) is 0.461. The van der Waals surface area contributed by atoms with Gasteiger partial charge in [0.2, 0.25) is 10.0 Å². The van der Waals surface area contributed by atoms with Crippen molar-refractivity contribution in [1.29, 1.82) is 0 Å². The fourth-order valence-electron chi connectivity index (χ4n) is 1.98. The molecule has 0 aliphatic heterocycles. The molecule has 0 unspecified atom stereocenters. The van der Waals surface area contributed by atoms with Crippen LogP contribution in [0, 0.1) is 0 Å². The van der Waals surface area contributed by atoms with Gasteiger partial charge in [0.15, 0.2) is 5.69 Å². The molecule has 0 fully saturated rings. The van der Waals surface area contributed by atoms with Gasteiger partial charge in [-0.1, -0.05) is 19.1 Å². The first kappa shape index (κ1) is 14.4. The number of para-hydroxylation sites is 1. The van der Waals surface area contributed by atoms with Crippen molar-refractivity contribution in [2.24, 2.45) is 0 Å². The van der Waals surface area contributed by atoms with Crippen molar-refractivity contribution in [1.82, 2.24) is 0 Å². The van der Waals surface area contributed by atoms with E-state index in [1.54, 1.807) is 38.2 Å². The molecule has 0 aliphatic carbocycles. The summed E-state index contributed by atoms with van der Waals surface area (Å²) in [4.78, 5) is 12.0. The van der Waals surface area contributed by atoms with Crippen LogP contribution in [0.4, 0.5) is 11.4 Å². The lowest BCUT2D eigenvalue weighted by molar-refractivity contribution is 0.563. The van der Waals surface area contributed by atoms with E-state index in [2.05, 4.69) is 10.0 Å². The Morgan fingerprint density at radius 3 is 2.55 bits per heavy atom. The molecule has 0 saturated carbocycles. The molecular formula is C13H16N2O4S. The third kappa shape index (κ3) is 2.77. The highest BCUT2D eigenvalue weighted by Crippen LogP contribution is 2.28. The number of hydrogen-bond donors (Lipinski definition) is 2. The van der Waals surface area contributed by atoms with Crippen LogP contribution in [-0.2, 0) is 10.0 Å². The number of hydrogen-bond acceptors (Lipinski definition) is 5. The number of benzene rings is 1. The fraction of sp³-hybridized carbons (Fsp3) is 0.308. The van der Waals surface area contributed by atoms with E-state index in [1.807, 2.05) is 0 Å². The monoisotopic (exact) mass is 296 g/mol. The van der Waals surface area contributed by atoms with E-state index in [0.717, 1.165) is 0 Å². The van der Waals surface area contributed by atoms with Crippen molar-refractivity contribution >= 4 is 32.4 Å². The van der Waals surface area contributed by atoms with Crippen LogP contribution in [0.25, 0.3) is 11.0 Å². The van der Waals surface area contributed by atoms with Crippen molar-refractivity contribution in [3.8, 4) is 0 Å². The molecule has 0 radical (unpaired) electrons. The minimum absolute atomic E-state index is 0.0532. The van der Waals surface area contributed by atoms with Crippen molar-refractivity contribution in [2.45, 2.75) is 13.3 Å². The Balaban J connectivity index is 2.64. The minimum atomic E-state index is -3.56. The number of fused-ring (bicyclic) bond motifs is 1. The second-order valence-corrected chi connectivity index (χ2v) is 6.15. The highest BCUT2D eigenvalue weighted by molar-refractivity contribution is 7.92. The van der Waals surface area contributed by atoms with E-state index in [9.17, 15) is 13.2 Å². The van der Waals surface area contributed by atoms with Crippen molar-refractivity contribution in [3.63, 3.8) is 0 Å². The molecule has 0 saturated heterocycles. The Kier molecular flexibility index (Phi) is 3.99. The first-order valence-electron chi connectivity index (χ1n) is 6.22. The van der Waals surface area contributed by atoms with Gasteiger partial charge in [-0.2, -0.15) is 0 Å². The van der Waals surface area contributed by atoms with E-state index in [0.29, 0.717) is 23.1 Å². The SMILES string of the molecule is CCCS(=O)(=O)Nc1c(NC)c2ccccc2oc1=O. The lowest BCUT2D eigenvalue weighted by Gasteiger charge is -2.12. The molecule has 0 atom stereocenters. The third-order valence-electron chi connectivity index (χ3n) is 2.79. The molecule has 1 heterocycles. The summed E-state index contributed by atoms with van der Waals surface area (Å²) in [6, 6.07) is 6.93. The zero-order valence-electron chi connectivity index (χ0n) is 11.3. The topological polar surface area (TPSA) is 88.4 Å². The van der Waals surface area contributed by atoms with Gasteiger partial charge in [-0.3, -0.25) is 4.72 Å². The van der Waals surface area contributed by atoms with Crippen LogP contribution in [-0.4, -0.2) is 21.2 Å². The van der Waals surface area contributed by atoms with Gasteiger partial charge < -0.3 is 9.73 Å². The van der Waals surface area contributed by atoms with Gasteiger partial charge in [-0.15, -0.1) is 0 Å². The molecule has 0 bridgehead atoms. The van der Waals surface area contributed by atoms with Crippen LogP contribution in [0.15, 0.2) is 33.5 Å². The average molecular weight is 296 g/mol. The van der Waals surface area contributed by atoms with Crippen LogP contribution in [0.5, 0.6) is 0 Å². The Bertz CT molecular complexity index is 781. The highest BCUT2D eigenvalue weighted by atomic mass is 32.2. The summed E-state index contributed by atoms with van der Waals surface area (Å²) >= 11 is 0. The molecule has 6 nitrogen and oxygen atoms in total. The quantitative estimate of drug-likeness (QED) is 0.824. The highest BCUT2D eigenvalue weighted by Gasteiger charge is 2.18. The van der Waals surface area contributed by atoms with Crippen LogP contribution < -0.4 is 15.7 Å². The second-order valence-electron chi connectivity index (χ2n) is 4.31. The summed E-state index contributed by atoms with van der Waals surface area (Å²) < 4.78 is 31.1. The van der Waals surface area contributed by atoms with Crippen LogP contribution in [0.3, 0.4) is 0 Å². The molecule has 2 aromatic rings. The second kappa shape index (κ2) is 5.54. The van der Waals surface area contributed by atoms with Crippen LogP contribution in [0.2, 0.25) is 0 Å². The number of nitrogens with one attached hydrogen (secondary N) is 2. The Labute approximate surface area is 116 Å². The molecule has 1 aromatic heterocycles. The summed E-state index contributed by atoms with van der Waals surface area (Å²) in [5.74, 6) is -0.0532. The largest absolute Gasteiger partial charge is 0.421 e. The lowest BCUT2D eigenvalue weighted by atomic mass is 10.2. The normalized spacial score (nSPS) is 11.5. The summed E-state index contributed by atoms with van der Waals surface area (Å²) in [7, 11) is -1.93. The van der Waals surface area contributed by atoms with Gasteiger partial charge in [-0.05, 0) is 18.6 Å². The lowest BCUT2D eigenvalue weighted by Crippen LogP contribution is -2.22. The van der Waals surface area contributed by atoms with Gasteiger partial charge in [0.05, 0.1) is 11.4 Å². The Morgan fingerprint density at radius 2 is 1.90 bits per heavy atom. The van der Waals surface area contributed by atoms with Gasteiger partial charge in [0.25, 0.3) is 0 Å². The maximum absolute atomic E-state index is 12.0. The third-order valence-corrected chi connectivity index (χ3v) is 4.25. The summed E-state index contributed by atoms with van der Waals surface area (Å²) in [6.45, 7) is 1.75. The van der Waals surface area contributed by atoms with E-state index in [1.165, 1.54) is 0 Å². The first-order valence-corrected chi connectivity index (χ1v) is 7.88. The molecule has 0 aliphatic rings. The molecule has 0 amide bonds. The molecule has 108 valence electrons. The van der Waals surface area contributed by atoms with Gasteiger partial charge >= 0.3 is 5.63 Å². The van der Waals surface area contributed by atoms with Crippen molar-refractivity contribution in [2.75, 3.05) is 22.8 Å². The molecule has 2 rings (SSSR count). The minimum Gasteiger partial charge on any atom is -0.421 e. The van der Waals surface area contributed by atoms with Crippen molar-refractivity contribution in [3.05, 3.63) is 34.7 Å². The smallest absolute Gasteiger partial charge is 0.363 e. The zero-order valence-corrected chi connectivity index (χ0v) is 12.1. The number of anilines is 2. The van der Waals surface area contributed by atoms with Gasteiger partial charge in [0, 0.05) is 12.4 Å². The molecule has 7 heteroatoms. The summed E-state index contributed by atoms with van der Waals surface area (Å²) in [5, 5.41) is 3.50. The molecular weight excluding hydrogens is 280 g/mol. The molecule has 0 spiro atoms. The molecule has 1 aromatic carbocycles. The van der Waals surface area contributed by atoms with Crippen molar-refractivity contribution < 1.29 is 12.8 Å².